The molecular formula is C13H14N2O2. The lowest BCUT2D eigenvalue weighted by Crippen LogP contribution is -2.21. The molecule has 0 bridgehead atoms. The molecule has 4 nitrogen and oxygen atoms in total. The second-order valence-corrected chi connectivity index (χ2v) is 3.87. The number of anilines is 1. The van der Waals surface area contributed by atoms with Gasteiger partial charge in [0.1, 0.15) is 5.75 Å². The Morgan fingerprint density at radius 1 is 1.41 bits per heavy atom. The number of hydrogen-bond acceptors (Lipinski definition) is 3. The highest BCUT2D eigenvalue weighted by Gasteiger charge is 2.05. The summed E-state index contributed by atoms with van der Waals surface area (Å²) in [7, 11) is 0. The molecule has 0 spiro atoms. The van der Waals surface area contributed by atoms with Gasteiger partial charge in [0.25, 0.3) is 0 Å². The molecular weight excluding hydrogens is 216 g/mol. The van der Waals surface area contributed by atoms with Crippen molar-refractivity contribution < 1.29 is 9.90 Å². The monoisotopic (exact) mass is 230 g/mol. The SMILES string of the molecule is CCCN(C=O)c1cnc2cc(O)ccc2c1. The minimum Gasteiger partial charge on any atom is -0.508 e. The number of aromatic hydroxyl groups is 1. The molecule has 1 heterocycles. The fourth-order valence-electron chi connectivity index (χ4n) is 1.74. The van der Waals surface area contributed by atoms with Gasteiger partial charge in [-0.05, 0) is 24.6 Å². The van der Waals surface area contributed by atoms with E-state index in [4.69, 9.17) is 0 Å². The summed E-state index contributed by atoms with van der Waals surface area (Å²) in [6.45, 7) is 2.69. The second kappa shape index (κ2) is 4.82. The van der Waals surface area contributed by atoms with Crippen molar-refractivity contribution in [3.8, 4) is 5.75 Å². The van der Waals surface area contributed by atoms with Crippen LogP contribution in [0.2, 0.25) is 0 Å². The summed E-state index contributed by atoms with van der Waals surface area (Å²) < 4.78 is 0. The fraction of sp³-hybridized carbons (Fsp3) is 0.231. The summed E-state index contributed by atoms with van der Waals surface area (Å²) in [6, 6.07) is 6.89. The Labute approximate surface area is 99.5 Å². The molecule has 0 saturated carbocycles. The zero-order valence-corrected chi connectivity index (χ0v) is 9.63. The molecule has 0 aliphatic carbocycles. The van der Waals surface area contributed by atoms with Gasteiger partial charge in [-0.2, -0.15) is 0 Å². The van der Waals surface area contributed by atoms with Gasteiger partial charge in [-0.1, -0.05) is 6.92 Å². The predicted molar refractivity (Wildman–Crippen MR) is 67.1 cm³/mol. The first kappa shape index (κ1) is 11.4. The van der Waals surface area contributed by atoms with E-state index in [1.807, 2.05) is 13.0 Å². The molecule has 0 radical (unpaired) electrons. The normalized spacial score (nSPS) is 10.4. The van der Waals surface area contributed by atoms with Crippen LogP contribution in [-0.4, -0.2) is 23.0 Å². The quantitative estimate of drug-likeness (QED) is 0.820. The Morgan fingerprint density at radius 3 is 2.94 bits per heavy atom. The van der Waals surface area contributed by atoms with Gasteiger partial charge < -0.3 is 10.0 Å². The third kappa shape index (κ3) is 2.36. The molecule has 1 aromatic heterocycles. The van der Waals surface area contributed by atoms with E-state index in [2.05, 4.69) is 4.98 Å². The smallest absolute Gasteiger partial charge is 0.214 e. The summed E-state index contributed by atoms with van der Waals surface area (Å²) >= 11 is 0. The van der Waals surface area contributed by atoms with Crippen molar-refractivity contribution in [1.29, 1.82) is 0 Å². The lowest BCUT2D eigenvalue weighted by Gasteiger charge is -2.16. The van der Waals surface area contributed by atoms with Crippen molar-refractivity contribution in [3.05, 3.63) is 30.5 Å². The summed E-state index contributed by atoms with van der Waals surface area (Å²) in [5.41, 5.74) is 1.50. The average molecular weight is 230 g/mol. The van der Waals surface area contributed by atoms with Gasteiger partial charge in [0.2, 0.25) is 6.41 Å². The van der Waals surface area contributed by atoms with Crippen LogP contribution in [0.25, 0.3) is 10.9 Å². The Morgan fingerprint density at radius 2 is 2.24 bits per heavy atom. The summed E-state index contributed by atoms with van der Waals surface area (Å²) in [5.74, 6) is 0.193. The third-order valence-electron chi connectivity index (χ3n) is 2.58. The van der Waals surface area contributed by atoms with E-state index in [1.165, 1.54) is 0 Å². The van der Waals surface area contributed by atoms with Crippen molar-refractivity contribution in [3.63, 3.8) is 0 Å². The molecule has 1 amide bonds. The van der Waals surface area contributed by atoms with Gasteiger partial charge in [0, 0.05) is 18.0 Å². The molecule has 0 aliphatic rings. The van der Waals surface area contributed by atoms with E-state index < -0.39 is 0 Å². The number of nitrogens with zero attached hydrogens (tertiary/aromatic N) is 2. The average Bonchev–Trinajstić information content (AvgIpc) is 2.35. The van der Waals surface area contributed by atoms with Gasteiger partial charge >= 0.3 is 0 Å². The number of pyridine rings is 1. The number of carbonyl (C=O) groups is 1. The molecule has 0 aliphatic heterocycles. The highest BCUT2D eigenvalue weighted by Crippen LogP contribution is 2.22. The van der Waals surface area contributed by atoms with Crippen LogP contribution in [0.5, 0.6) is 5.75 Å². The van der Waals surface area contributed by atoms with Crippen LogP contribution in [0.1, 0.15) is 13.3 Å². The van der Waals surface area contributed by atoms with E-state index >= 15 is 0 Å². The summed E-state index contributed by atoms with van der Waals surface area (Å²) in [4.78, 5) is 16.8. The van der Waals surface area contributed by atoms with Crippen LogP contribution in [0, 0.1) is 0 Å². The van der Waals surface area contributed by atoms with Crippen molar-refractivity contribution >= 4 is 23.0 Å². The molecule has 1 N–H and O–H groups in total. The molecule has 1 aromatic carbocycles. The van der Waals surface area contributed by atoms with Crippen molar-refractivity contribution in [1.82, 2.24) is 4.98 Å². The Kier molecular flexibility index (Phi) is 3.23. The van der Waals surface area contributed by atoms with Crippen LogP contribution in [0.15, 0.2) is 30.5 Å². The third-order valence-corrected chi connectivity index (χ3v) is 2.58. The molecule has 4 heteroatoms. The molecule has 0 unspecified atom stereocenters. The molecule has 0 atom stereocenters. The second-order valence-electron chi connectivity index (χ2n) is 3.87. The Balaban J connectivity index is 2.43. The number of rotatable bonds is 4. The van der Waals surface area contributed by atoms with Crippen molar-refractivity contribution in [2.45, 2.75) is 13.3 Å². The van der Waals surface area contributed by atoms with Gasteiger partial charge in [-0.25, -0.2) is 0 Å². The van der Waals surface area contributed by atoms with Crippen LogP contribution < -0.4 is 4.90 Å². The molecule has 2 rings (SSSR count). The van der Waals surface area contributed by atoms with Crippen LogP contribution in [-0.2, 0) is 4.79 Å². The van der Waals surface area contributed by atoms with E-state index in [1.54, 1.807) is 29.3 Å². The topological polar surface area (TPSA) is 53.4 Å². The minimum absolute atomic E-state index is 0.193. The number of amides is 1. The summed E-state index contributed by atoms with van der Waals surface area (Å²) in [6.07, 6.45) is 3.35. The highest BCUT2D eigenvalue weighted by atomic mass is 16.3. The maximum atomic E-state index is 10.9. The zero-order valence-electron chi connectivity index (χ0n) is 9.63. The Bertz CT molecular complexity index is 540. The van der Waals surface area contributed by atoms with Gasteiger partial charge in [0.15, 0.2) is 0 Å². The number of phenols is 1. The first-order chi connectivity index (χ1) is 8.24. The van der Waals surface area contributed by atoms with Crippen LogP contribution in [0.3, 0.4) is 0 Å². The van der Waals surface area contributed by atoms with E-state index in [-0.39, 0.29) is 5.75 Å². The maximum absolute atomic E-state index is 10.9. The predicted octanol–water partition coefficient (Wildman–Crippen LogP) is 2.31. The largest absolute Gasteiger partial charge is 0.508 e. The van der Waals surface area contributed by atoms with E-state index in [0.717, 1.165) is 29.4 Å². The minimum atomic E-state index is 0.193. The van der Waals surface area contributed by atoms with Crippen molar-refractivity contribution in [2.75, 3.05) is 11.4 Å². The zero-order chi connectivity index (χ0) is 12.3. The van der Waals surface area contributed by atoms with E-state index in [0.29, 0.717) is 6.54 Å². The number of carbonyl (C=O) groups excluding carboxylic acids is 1. The molecule has 2 aromatic rings. The van der Waals surface area contributed by atoms with Crippen LogP contribution in [0.4, 0.5) is 5.69 Å². The summed E-state index contributed by atoms with van der Waals surface area (Å²) in [5, 5.41) is 10.2. The lowest BCUT2D eigenvalue weighted by molar-refractivity contribution is -0.107. The molecule has 17 heavy (non-hydrogen) atoms. The van der Waals surface area contributed by atoms with Gasteiger partial charge in [0.05, 0.1) is 17.4 Å². The number of phenolic OH excluding ortho intramolecular Hbond substituents is 1. The number of hydrogen-bond donors (Lipinski definition) is 1. The number of benzene rings is 1. The van der Waals surface area contributed by atoms with E-state index in [9.17, 15) is 9.90 Å². The van der Waals surface area contributed by atoms with Gasteiger partial charge in [-0.3, -0.25) is 9.78 Å². The maximum Gasteiger partial charge on any atom is 0.214 e. The standard InChI is InChI=1S/C13H14N2O2/c1-2-5-15(9-16)11-6-10-3-4-12(17)7-13(10)14-8-11/h3-4,6-9,17H,2,5H2,1H3. The lowest BCUT2D eigenvalue weighted by atomic mass is 10.2. The highest BCUT2D eigenvalue weighted by molar-refractivity contribution is 5.86. The first-order valence-corrected chi connectivity index (χ1v) is 5.55. The molecule has 0 fully saturated rings. The first-order valence-electron chi connectivity index (χ1n) is 5.55. The molecule has 88 valence electrons. The number of fused-ring (bicyclic) bond motifs is 1. The fourth-order valence-corrected chi connectivity index (χ4v) is 1.74. The van der Waals surface area contributed by atoms with Gasteiger partial charge in [-0.15, -0.1) is 0 Å². The van der Waals surface area contributed by atoms with Crippen LogP contribution >= 0.6 is 0 Å². The van der Waals surface area contributed by atoms with Crippen molar-refractivity contribution in [2.24, 2.45) is 0 Å². The molecule has 0 saturated heterocycles. The number of aromatic nitrogens is 1. The Hall–Kier alpha value is -2.10.